The number of ether oxygens (including phenoxy) is 1. The fraction of sp³-hybridized carbons (Fsp3) is 0.392. The first-order valence-corrected chi connectivity index (χ1v) is 24.4. The summed E-state index contributed by atoms with van der Waals surface area (Å²) in [5.74, 6) is -2.57. The molecule has 1 aromatic heterocycles. The molecule has 1 fully saturated rings. The predicted molar refractivity (Wildman–Crippen MR) is 275 cm³/mol. The number of alkyl carbamates (subject to hydrolysis) is 1. The molecule has 0 unspecified atom stereocenters. The number of amides is 10. The Hall–Kier alpha value is -8.63. The number of hydrogen-bond acceptors (Lipinski definition) is 14. The topological polar surface area (TPSA) is 345 Å². The summed E-state index contributed by atoms with van der Waals surface area (Å²) in [4.78, 5) is 125. The molecule has 2 atom stereocenters. The number of rotatable bonds is 23. The second-order valence-electron chi connectivity index (χ2n) is 18.4. The van der Waals surface area contributed by atoms with Crippen molar-refractivity contribution in [1.82, 2.24) is 31.2 Å². The maximum Gasteiger partial charge on any atom is 0.407 e. The van der Waals surface area contributed by atoms with Crippen molar-refractivity contribution < 1.29 is 47.9 Å². The summed E-state index contributed by atoms with van der Waals surface area (Å²) in [5.41, 5.74) is 19.9. The highest BCUT2D eigenvalue weighted by Crippen LogP contribution is 2.28. The highest BCUT2D eigenvalue weighted by molar-refractivity contribution is 6.13. The van der Waals surface area contributed by atoms with Crippen LogP contribution >= 0.6 is 0 Å². The molecule has 1 saturated heterocycles. The van der Waals surface area contributed by atoms with Gasteiger partial charge in [0, 0.05) is 79.6 Å². The van der Waals surface area contributed by atoms with Crippen LogP contribution in [0.1, 0.15) is 93.1 Å². The number of pyridine rings is 1. The van der Waals surface area contributed by atoms with Crippen molar-refractivity contribution in [2.45, 2.75) is 96.4 Å². The largest absolute Gasteiger partial charge is 0.445 e. The van der Waals surface area contributed by atoms with Crippen LogP contribution in [0, 0.1) is 5.92 Å². The highest BCUT2D eigenvalue weighted by atomic mass is 16.5. The Balaban J connectivity index is 0.915. The van der Waals surface area contributed by atoms with E-state index < -0.39 is 41.9 Å². The maximum absolute atomic E-state index is 13.6. The molecule has 392 valence electrons. The molecule has 0 aliphatic carbocycles. The first kappa shape index (κ1) is 54.7. The summed E-state index contributed by atoms with van der Waals surface area (Å²) in [6, 6.07) is 12.2. The van der Waals surface area contributed by atoms with Crippen LogP contribution in [0.4, 0.5) is 32.5 Å². The Morgan fingerprint density at radius 2 is 1.54 bits per heavy atom. The number of carbonyl (C=O) groups excluding carboxylic acids is 9. The molecule has 74 heavy (non-hydrogen) atoms. The lowest BCUT2D eigenvalue weighted by Gasteiger charge is -2.33. The number of nitrogens with zero attached hydrogens (tertiary/aromatic N) is 4. The summed E-state index contributed by atoms with van der Waals surface area (Å²) < 4.78 is 5.50. The van der Waals surface area contributed by atoms with Gasteiger partial charge in [-0.3, -0.25) is 38.5 Å². The number of anilines is 3. The van der Waals surface area contributed by atoms with Crippen LogP contribution in [-0.2, 0) is 40.1 Å². The minimum Gasteiger partial charge on any atom is -0.445 e. The fourth-order valence-corrected chi connectivity index (χ4v) is 8.28. The Morgan fingerprint density at radius 3 is 2.20 bits per heavy atom. The molecule has 3 aliphatic rings. The Morgan fingerprint density at radius 1 is 0.824 bits per heavy atom. The van der Waals surface area contributed by atoms with Crippen molar-refractivity contribution in [3.05, 3.63) is 95.2 Å². The summed E-state index contributed by atoms with van der Waals surface area (Å²) >= 11 is 0. The number of aliphatic imine (C=N–C) groups is 1. The summed E-state index contributed by atoms with van der Waals surface area (Å²) in [6.45, 7) is 5.12. The number of fused-ring (bicyclic) bond motifs is 1. The molecule has 3 aliphatic heterocycles. The summed E-state index contributed by atoms with van der Waals surface area (Å²) in [6.07, 6.45) is 8.54. The third-order valence-electron chi connectivity index (χ3n) is 12.4. The van der Waals surface area contributed by atoms with Crippen LogP contribution in [0.2, 0.25) is 0 Å². The standard InChI is InChI=1S/C51H63N13O10/c1-30(2)45(62-42(65)8-4-3-5-22-64-43(66)17-18-44(64)67)49(71)61-38(7-6-21-55-50(54)72)48(70)57-35-13-9-31(10-14-35)29-74-51(73)59-36-19-23-63(24-20-36)41-16-15-37(28-56-41)58-47(69)33-12-11-32-25-34(46(53)68)27-40(52)60-39(32)26-33/h9-18,25-26,28,30,36,38,45H,3-8,19-24,27,29H2,1-2H3,(H2,52,60)(H2,53,68)(H,57,70)(H,58,69)(H,59,73)(H,61,71)(H,62,65)(H3,54,55,72)/t38-,45-/m0/s1. The lowest BCUT2D eigenvalue weighted by atomic mass is 10.0. The monoisotopic (exact) mass is 1020 g/mol. The number of nitrogens with one attached hydrogen (secondary N) is 6. The number of urea groups is 1. The molecule has 2 aromatic carbocycles. The third-order valence-corrected chi connectivity index (χ3v) is 12.4. The predicted octanol–water partition coefficient (Wildman–Crippen LogP) is 2.99. The summed E-state index contributed by atoms with van der Waals surface area (Å²) in [7, 11) is 0. The second-order valence-corrected chi connectivity index (χ2v) is 18.4. The third kappa shape index (κ3) is 16.2. The minimum absolute atomic E-state index is 0.0396. The van der Waals surface area contributed by atoms with Crippen LogP contribution in [0.5, 0.6) is 0 Å². The molecule has 0 saturated carbocycles. The molecule has 4 heterocycles. The van der Waals surface area contributed by atoms with E-state index in [0.717, 1.165) is 4.90 Å². The molecular formula is C51H63N13O10. The lowest BCUT2D eigenvalue weighted by molar-refractivity contribution is -0.137. The Kier molecular flexibility index (Phi) is 19.3. The van der Waals surface area contributed by atoms with E-state index in [0.29, 0.717) is 96.8 Å². The lowest BCUT2D eigenvalue weighted by Crippen LogP contribution is -2.54. The van der Waals surface area contributed by atoms with Crippen molar-refractivity contribution in [2.75, 3.05) is 41.7 Å². The molecule has 3 aromatic rings. The fourth-order valence-electron chi connectivity index (χ4n) is 8.28. The van der Waals surface area contributed by atoms with Gasteiger partial charge in [-0.25, -0.2) is 19.6 Å². The maximum atomic E-state index is 13.6. The molecule has 23 nitrogen and oxygen atoms in total. The van der Waals surface area contributed by atoms with Gasteiger partial charge >= 0.3 is 12.1 Å². The van der Waals surface area contributed by atoms with Crippen LogP contribution in [0.25, 0.3) is 6.08 Å². The number of carbonyl (C=O) groups is 9. The van der Waals surface area contributed by atoms with Crippen molar-refractivity contribution >= 4 is 88.3 Å². The van der Waals surface area contributed by atoms with Crippen LogP contribution < -0.4 is 54.0 Å². The molecule has 23 heteroatoms. The molecular weight excluding hydrogens is 955 g/mol. The Labute approximate surface area is 427 Å². The number of piperidine rings is 1. The van der Waals surface area contributed by atoms with Crippen LogP contribution in [0.3, 0.4) is 0 Å². The van der Waals surface area contributed by atoms with Gasteiger partial charge in [0.2, 0.25) is 23.6 Å². The average molecular weight is 1020 g/mol. The van der Waals surface area contributed by atoms with E-state index in [1.165, 1.54) is 12.2 Å². The first-order chi connectivity index (χ1) is 35.4. The quantitative estimate of drug-likeness (QED) is 0.0488. The van der Waals surface area contributed by atoms with Crippen LogP contribution in [-0.4, -0.2) is 113 Å². The van der Waals surface area contributed by atoms with Crippen molar-refractivity contribution in [3.8, 4) is 0 Å². The molecule has 12 N–H and O–H groups in total. The van der Waals surface area contributed by atoms with Gasteiger partial charge in [0.1, 0.15) is 30.3 Å². The van der Waals surface area contributed by atoms with E-state index in [1.54, 1.807) is 80.7 Å². The molecule has 0 spiro atoms. The number of benzene rings is 2. The van der Waals surface area contributed by atoms with E-state index in [9.17, 15) is 43.2 Å². The van der Waals surface area contributed by atoms with Crippen molar-refractivity contribution in [1.29, 1.82) is 0 Å². The zero-order chi connectivity index (χ0) is 53.3. The van der Waals surface area contributed by atoms with E-state index >= 15 is 0 Å². The SMILES string of the molecule is CC(C)[C@H](NC(=O)CCCCCN1C(=O)C=CC1=O)C(=O)N[C@@H](CCCNC(N)=O)C(=O)Nc1ccc(COC(=O)NC2CCN(c3ccc(NC(=O)c4ccc5c(c4)N=C(N)CC(C(N)=O)=C5)cn3)CC2)cc1. The van der Waals surface area contributed by atoms with Gasteiger partial charge < -0.3 is 58.7 Å². The van der Waals surface area contributed by atoms with Gasteiger partial charge in [-0.05, 0) is 92.5 Å². The van der Waals surface area contributed by atoms with Gasteiger partial charge in [0.05, 0.1) is 17.6 Å². The number of amidine groups is 1. The molecule has 10 amide bonds. The number of hydrogen-bond donors (Lipinski definition) is 9. The zero-order valence-corrected chi connectivity index (χ0v) is 41.3. The smallest absolute Gasteiger partial charge is 0.407 e. The van der Waals surface area contributed by atoms with E-state index in [2.05, 4.69) is 46.8 Å². The Bertz CT molecular complexity index is 2660. The van der Waals surface area contributed by atoms with Crippen molar-refractivity contribution in [2.24, 2.45) is 28.1 Å². The van der Waals surface area contributed by atoms with E-state index in [4.69, 9.17) is 21.9 Å². The number of aromatic nitrogens is 1. The highest BCUT2D eigenvalue weighted by Gasteiger charge is 2.30. The van der Waals surface area contributed by atoms with Crippen LogP contribution in [0.15, 0.2) is 83.5 Å². The van der Waals surface area contributed by atoms with Gasteiger partial charge in [-0.1, -0.05) is 38.5 Å². The minimum atomic E-state index is -1.05. The van der Waals surface area contributed by atoms with Gasteiger partial charge in [-0.15, -0.1) is 0 Å². The van der Waals surface area contributed by atoms with Crippen molar-refractivity contribution in [3.63, 3.8) is 0 Å². The molecule has 6 rings (SSSR count). The van der Waals surface area contributed by atoms with E-state index in [-0.39, 0.29) is 80.4 Å². The first-order valence-electron chi connectivity index (χ1n) is 24.4. The average Bonchev–Trinajstić information content (AvgIpc) is 3.57. The number of unbranched alkanes of at least 4 members (excludes halogenated alkanes) is 2. The number of imide groups is 1. The number of primary amides is 2. The summed E-state index contributed by atoms with van der Waals surface area (Å²) in [5, 5.41) is 16.5. The van der Waals surface area contributed by atoms with Gasteiger partial charge in [0.25, 0.3) is 17.7 Å². The molecule has 0 bridgehead atoms. The number of nitrogens with two attached hydrogens (primary N) is 3. The second kappa shape index (κ2) is 26.2. The van der Waals surface area contributed by atoms with Gasteiger partial charge in [0.15, 0.2) is 0 Å². The zero-order valence-electron chi connectivity index (χ0n) is 41.3. The molecule has 0 radical (unpaired) electrons. The normalized spacial score (nSPS) is 15.2. The van der Waals surface area contributed by atoms with E-state index in [1.807, 2.05) is 0 Å². The van der Waals surface area contributed by atoms with Gasteiger partial charge in [-0.2, -0.15) is 0 Å².